The lowest BCUT2D eigenvalue weighted by Gasteiger charge is -2.18. The van der Waals surface area contributed by atoms with Crippen LogP contribution in [0.2, 0.25) is 0 Å². The number of aromatic nitrogens is 2. The molecule has 14 heavy (non-hydrogen) atoms. The maximum atomic E-state index is 5.44. The standard InChI is InChI=1S/C10H13N3O/c1-5-10(2,3)14-9-7-12-6-8(11-4)13-9/h1,6-7H,2-4H3,(H,11,13). The van der Waals surface area contributed by atoms with Gasteiger partial charge in [0.15, 0.2) is 5.60 Å². The molecule has 1 aromatic heterocycles. The Bertz CT molecular complexity index is 355. The fourth-order valence-corrected chi connectivity index (χ4v) is 0.809. The minimum Gasteiger partial charge on any atom is -0.457 e. The Morgan fingerprint density at radius 2 is 2.21 bits per heavy atom. The van der Waals surface area contributed by atoms with Crippen LogP contribution in [0.25, 0.3) is 0 Å². The van der Waals surface area contributed by atoms with Crippen molar-refractivity contribution in [3.8, 4) is 18.2 Å². The first-order valence-electron chi connectivity index (χ1n) is 4.24. The molecule has 1 aromatic rings. The van der Waals surface area contributed by atoms with Crippen LogP contribution in [0.5, 0.6) is 5.88 Å². The van der Waals surface area contributed by atoms with Gasteiger partial charge in [0.1, 0.15) is 5.82 Å². The fourth-order valence-electron chi connectivity index (χ4n) is 0.809. The van der Waals surface area contributed by atoms with Gasteiger partial charge in [-0.15, -0.1) is 6.42 Å². The van der Waals surface area contributed by atoms with E-state index in [0.29, 0.717) is 11.7 Å². The summed E-state index contributed by atoms with van der Waals surface area (Å²) in [5, 5.41) is 2.87. The molecule has 4 nitrogen and oxygen atoms in total. The topological polar surface area (TPSA) is 47.0 Å². The van der Waals surface area contributed by atoms with Crippen LogP contribution in [-0.4, -0.2) is 22.6 Å². The van der Waals surface area contributed by atoms with Crippen LogP contribution in [0, 0.1) is 12.3 Å². The second kappa shape index (κ2) is 3.97. The van der Waals surface area contributed by atoms with Crippen molar-refractivity contribution in [3.05, 3.63) is 12.4 Å². The number of hydrogen-bond donors (Lipinski definition) is 1. The lowest BCUT2D eigenvalue weighted by atomic mass is 10.1. The molecule has 0 fully saturated rings. The molecule has 0 unspecified atom stereocenters. The molecule has 0 radical (unpaired) electrons. The smallest absolute Gasteiger partial charge is 0.235 e. The van der Waals surface area contributed by atoms with E-state index >= 15 is 0 Å². The number of rotatable bonds is 3. The van der Waals surface area contributed by atoms with E-state index < -0.39 is 5.60 Å². The Morgan fingerprint density at radius 3 is 2.79 bits per heavy atom. The van der Waals surface area contributed by atoms with Crippen LogP contribution in [0.4, 0.5) is 5.82 Å². The Morgan fingerprint density at radius 1 is 1.50 bits per heavy atom. The first-order chi connectivity index (χ1) is 6.57. The number of nitrogens with one attached hydrogen (secondary N) is 1. The van der Waals surface area contributed by atoms with Gasteiger partial charge in [-0.2, -0.15) is 4.98 Å². The highest BCUT2D eigenvalue weighted by atomic mass is 16.5. The minimum atomic E-state index is -0.666. The van der Waals surface area contributed by atoms with Gasteiger partial charge in [0, 0.05) is 7.05 Å². The lowest BCUT2D eigenvalue weighted by Crippen LogP contribution is -2.26. The number of terminal acetylenes is 1. The number of ether oxygens (including phenoxy) is 1. The summed E-state index contributed by atoms with van der Waals surface area (Å²) in [6, 6.07) is 0. The van der Waals surface area contributed by atoms with Crippen molar-refractivity contribution in [3.63, 3.8) is 0 Å². The second-order valence-corrected chi connectivity index (χ2v) is 3.25. The van der Waals surface area contributed by atoms with Gasteiger partial charge in [-0.3, -0.25) is 4.98 Å². The van der Waals surface area contributed by atoms with Crippen molar-refractivity contribution >= 4 is 5.82 Å². The third-order valence-corrected chi connectivity index (χ3v) is 1.58. The monoisotopic (exact) mass is 191 g/mol. The maximum absolute atomic E-state index is 5.44. The van der Waals surface area contributed by atoms with Crippen molar-refractivity contribution in [1.29, 1.82) is 0 Å². The van der Waals surface area contributed by atoms with Gasteiger partial charge in [-0.05, 0) is 13.8 Å². The molecule has 0 aromatic carbocycles. The van der Waals surface area contributed by atoms with Crippen LogP contribution in [0.15, 0.2) is 12.4 Å². The van der Waals surface area contributed by atoms with E-state index in [1.54, 1.807) is 27.1 Å². The summed E-state index contributed by atoms with van der Waals surface area (Å²) in [7, 11) is 1.76. The molecule has 1 N–H and O–H groups in total. The fraction of sp³-hybridized carbons (Fsp3) is 0.400. The Kier molecular flexibility index (Phi) is 2.92. The summed E-state index contributed by atoms with van der Waals surface area (Å²) in [4.78, 5) is 8.09. The highest BCUT2D eigenvalue weighted by Gasteiger charge is 2.16. The van der Waals surface area contributed by atoms with Crippen molar-refractivity contribution in [1.82, 2.24) is 9.97 Å². The Hall–Kier alpha value is -1.76. The summed E-state index contributed by atoms with van der Waals surface area (Å²) in [6.07, 6.45) is 8.42. The average molecular weight is 191 g/mol. The first-order valence-corrected chi connectivity index (χ1v) is 4.24. The number of nitrogens with zero attached hydrogens (tertiary/aromatic N) is 2. The van der Waals surface area contributed by atoms with E-state index in [1.807, 2.05) is 0 Å². The van der Waals surface area contributed by atoms with Crippen molar-refractivity contribution in [2.24, 2.45) is 0 Å². The Labute approximate surface area is 83.7 Å². The minimum absolute atomic E-state index is 0.416. The van der Waals surface area contributed by atoms with E-state index in [2.05, 4.69) is 21.2 Å². The molecule has 1 heterocycles. The quantitative estimate of drug-likeness (QED) is 0.732. The third-order valence-electron chi connectivity index (χ3n) is 1.58. The van der Waals surface area contributed by atoms with E-state index in [0.717, 1.165) is 0 Å². The predicted octanol–water partition coefficient (Wildman–Crippen LogP) is 1.31. The van der Waals surface area contributed by atoms with Crippen LogP contribution in [-0.2, 0) is 0 Å². The van der Waals surface area contributed by atoms with Crippen molar-refractivity contribution in [2.45, 2.75) is 19.4 Å². The van der Waals surface area contributed by atoms with E-state index in [-0.39, 0.29) is 0 Å². The highest BCUT2D eigenvalue weighted by Crippen LogP contribution is 2.15. The maximum Gasteiger partial charge on any atom is 0.235 e. The number of anilines is 1. The molecule has 0 bridgehead atoms. The summed E-state index contributed by atoms with van der Waals surface area (Å²) in [6.45, 7) is 3.58. The molecule has 74 valence electrons. The summed E-state index contributed by atoms with van der Waals surface area (Å²) < 4.78 is 5.44. The molecule has 0 saturated heterocycles. The molecule has 0 aliphatic carbocycles. The molecular formula is C10H13N3O. The van der Waals surface area contributed by atoms with Crippen LogP contribution in [0.1, 0.15) is 13.8 Å². The molecule has 0 aliphatic rings. The molecule has 4 heteroatoms. The predicted molar refractivity (Wildman–Crippen MR) is 55.1 cm³/mol. The van der Waals surface area contributed by atoms with Gasteiger partial charge in [-0.25, -0.2) is 0 Å². The zero-order chi connectivity index (χ0) is 10.6. The van der Waals surface area contributed by atoms with Gasteiger partial charge in [0.05, 0.1) is 12.4 Å². The summed E-state index contributed by atoms with van der Waals surface area (Å²) in [5.41, 5.74) is -0.666. The molecule has 0 aliphatic heterocycles. The molecule has 0 spiro atoms. The zero-order valence-electron chi connectivity index (χ0n) is 8.53. The SMILES string of the molecule is C#CC(C)(C)Oc1cncc(NC)n1. The lowest BCUT2D eigenvalue weighted by molar-refractivity contribution is 0.164. The van der Waals surface area contributed by atoms with Gasteiger partial charge >= 0.3 is 0 Å². The zero-order valence-corrected chi connectivity index (χ0v) is 8.53. The average Bonchev–Trinajstić information content (AvgIpc) is 2.17. The molecular weight excluding hydrogens is 178 g/mol. The molecule has 0 atom stereocenters. The van der Waals surface area contributed by atoms with Gasteiger partial charge in [0.25, 0.3) is 0 Å². The van der Waals surface area contributed by atoms with E-state index in [4.69, 9.17) is 11.2 Å². The first kappa shape index (κ1) is 10.3. The van der Waals surface area contributed by atoms with E-state index in [9.17, 15) is 0 Å². The van der Waals surface area contributed by atoms with Crippen LogP contribution < -0.4 is 10.1 Å². The van der Waals surface area contributed by atoms with Crippen LogP contribution >= 0.6 is 0 Å². The van der Waals surface area contributed by atoms with Gasteiger partial charge in [-0.1, -0.05) is 5.92 Å². The largest absolute Gasteiger partial charge is 0.457 e. The van der Waals surface area contributed by atoms with Crippen molar-refractivity contribution < 1.29 is 4.74 Å². The van der Waals surface area contributed by atoms with Gasteiger partial charge in [0.2, 0.25) is 5.88 Å². The second-order valence-electron chi connectivity index (χ2n) is 3.25. The number of hydrogen-bond acceptors (Lipinski definition) is 4. The molecule has 0 amide bonds. The van der Waals surface area contributed by atoms with Crippen molar-refractivity contribution in [2.75, 3.05) is 12.4 Å². The van der Waals surface area contributed by atoms with Gasteiger partial charge < -0.3 is 10.1 Å². The molecule has 1 rings (SSSR count). The normalized spacial score (nSPS) is 10.4. The third kappa shape index (κ3) is 2.63. The highest BCUT2D eigenvalue weighted by molar-refractivity contribution is 5.32. The Balaban J connectivity index is 2.83. The summed E-state index contributed by atoms with van der Waals surface area (Å²) >= 11 is 0. The molecule has 0 saturated carbocycles. The van der Waals surface area contributed by atoms with E-state index in [1.165, 1.54) is 6.20 Å². The van der Waals surface area contributed by atoms with Crippen LogP contribution in [0.3, 0.4) is 0 Å². The summed E-state index contributed by atoms with van der Waals surface area (Å²) in [5.74, 6) is 3.58.